The number of rotatable bonds is 18. The first-order valence-electron chi connectivity index (χ1n) is 12.0. The molecule has 0 heterocycles. The normalized spacial score (nSPS) is 12.4. The summed E-state index contributed by atoms with van der Waals surface area (Å²) in [5, 5.41) is 0.200. The van der Waals surface area contributed by atoms with Crippen LogP contribution < -0.4 is 0 Å². The Labute approximate surface area is 177 Å². The maximum atomic E-state index is 11.8. The molecule has 0 unspecified atom stereocenters. The van der Waals surface area contributed by atoms with E-state index >= 15 is 0 Å². The van der Waals surface area contributed by atoms with Crippen molar-refractivity contribution in [3.05, 3.63) is 0 Å². The van der Waals surface area contributed by atoms with Gasteiger partial charge in [0.15, 0.2) is 8.32 Å². The van der Waals surface area contributed by atoms with E-state index in [1.165, 1.54) is 70.6 Å². The molecule has 0 amide bonds. The van der Waals surface area contributed by atoms with Gasteiger partial charge in [0.2, 0.25) is 0 Å². The van der Waals surface area contributed by atoms with Crippen LogP contribution in [0.5, 0.6) is 0 Å². The minimum atomic E-state index is -1.73. The van der Waals surface area contributed by atoms with Crippen LogP contribution in [0.25, 0.3) is 0 Å². The van der Waals surface area contributed by atoms with Crippen LogP contribution in [-0.2, 0) is 14.0 Å². The zero-order valence-corrected chi connectivity index (χ0v) is 21.0. The molecular weight excluding hydrogens is 364 g/mol. The predicted molar refractivity (Wildman–Crippen MR) is 124 cm³/mol. The molecule has 0 rings (SSSR count). The van der Waals surface area contributed by atoms with Crippen LogP contribution in [0.3, 0.4) is 0 Å². The van der Waals surface area contributed by atoms with Crippen molar-refractivity contribution in [2.75, 3.05) is 13.2 Å². The second-order valence-corrected chi connectivity index (χ2v) is 14.6. The lowest BCUT2D eigenvalue weighted by Crippen LogP contribution is -2.41. The SMILES string of the molecule is CCCCCCCCCCCCCCCC(=O)OCCO[Si](C)(C)C(C)(C)C. The molecule has 0 atom stereocenters. The van der Waals surface area contributed by atoms with Crippen molar-refractivity contribution >= 4 is 14.3 Å². The van der Waals surface area contributed by atoms with Gasteiger partial charge < -0.3 is 9.16 Å². The van der Waals surface area contributed by atoms with Crippen molar-refractivity contribution in [1.29, 1.82) is 0 Å². The molecule has 0 aromatic carbocycles. The molecule has 0 aromatic rings. The second kappa shape index (κ2) is 16.4. The van der Waals surface area contributed by atoms with Gasteiger partial charge in [0.05, 0.1) is 6.61 Å². The topological polar surface area (TPSA) is 35.5 Å². The van der Waals surface area contributed by atoms with Crippen molar-refractivity contribution in [2.24, 2.45) is 0 Å². The summed E-state index contributed by atoms with van der Waals surface area (Å²) in [6, 6.07) is 0. The highest BCUT2D eigenvalue weighted by Gasteiger charge is 2.36. The molecule has 28 heavy (non-hydrogen) atoms. The largest absolute Gasteiger partial charge is 0.463 e. The van der Waals surface area contributed by atoms with E-state index in [1.54, 1.807) is 0 Å². The number of esters is 1. The number of hydrogen-bond donors (Lipinski definition) is 0. The molecule has 4 heteroatoms. The maximum Gasteiger partial charge on any atom is 0.305 e. The fourth-order valence-electron chi connectivity index (χ4n) is 3.03. The quantitative estimate of drug-likeness (QED) is 0.129. The monoisotopic (exact) mass is 414 g/mol. The van der Waals surface area contributed by atoms with Crippen molar-refractivity contribution in [3.63, 3.8) is 0 Å². The molecule has 0 spiro atoms. The summed E-state index contributed by atoms with van der Waals surface area (Å²) in [4.78, 5) is 11.8. The lowest BCUT2D eigenvalue weighted by Gasteiger charge is -2.36. The third-order valence-electron chi connectivity index (χ3n) is 6.10. The van der Waals surface area contributed by atoms with Crippen LogP contribution in [-0.4, -0.2) is 27.5 Å². The standard InChI is InChI=1S/C24H50O3Si/c1-7-8-9-10-11-12-13-14-15-16-17-18-19-20-23(25)26-21-22-27-28(5,6)24(2,3)4/h7-22H2,1-6H3. The van der Waals surface area contributed by atoms with Gasteiger partial charge in [-0.1, -0.05) is 105 Å². The summed E-state index contributed by atoms with van der Waals surface area (Å²) in [6.45, 7) is 14.3. The number of hydrogen-bond acceptors (Lipinski definition) is 3. The molecule has 0 bridgehead atoms. The lowest BCUT2D eigenvalue weighted by molar-refractivity contribution is -0.144. The first-order chi connectivity index (χ1) is 13.2. The first kappa shape index (κ1) is 27.6. The van der Waals surface area contributed by atoms with E-state index in [-0.39, 0.29) is 11.0 Å². The van der Waals surface area contributed by atoms with E-state index in [0.29, 0.717) is 19.6 Å². The molecule has 0 aromatic heterocycles. The molecule has 0 aliphatic carbocycles. The first-order valence-corrected chi connectivity index (χ1v) is 14.9. The second-order valence-electron chi connectivity index (χ2n) is 9.82. The molecule has 3 nitrogen and oxygen atoms in total. The fraction of sp³-hybridized carbons (Fsp3) is 0.958. The molecule has 0 fully saturated rings. The lowest BCUT2D eigenvalue weighted by atomic mass is 10.0. The van der Waals surface area contributed by atoms with E-state index in [0.717, 1.165) is 12.8 Å². The van der Waals surface area contributed by atoms with E-state index in [4.69, 9.17) is 9.16 Å². The van der Waals surface area contributed by atoms with Gasteiger partial charge in [-0.15, -0.1) is 0 Å². The number of unbranched alkanes of at least 4 members (excludes halogenated alkanes) is 12. The predicted octanol–water partition coefficient (Wildman–Crippen LogP) is 8.03. The third kappa shape index (κ3) is 15.6. The zero-order chi connectivity index (χ0) is 21.3. The van der Waals surface area contributed by atoms with Crippen molar-refractivity contribution in [2.45, 2.75) is 136 Å². The van der Waals surface area contributed by atoms with Gasteiger partial charge in [-0.05, 0) is 24.6 Å². The Morgan fingerprint density at radius 1 is 0.714 bits per heavy atom. The Balaban J connectivity index is 3.38. The van der Waals surface area contributed by atoms with Gasteiger partial charge in [-0.25, -0.2) is 0 Å². The molecule has 168 valence electrons. The molecular formula is C24H50O3Si. The van der Waals surface area contributed by atoms with Crippen molar-refractivity contribution in [3.8, 4) is 0 Å². The number of carbonyl (C=O) groups excluding carboxylic acids is 1. The average Bonchev–Trinajstić information content (AvgIpc) is 2.61. The van der Waals surface area contributed by atoms with Crippen LogP contribution in [0.2, 0.25) is 18.1 Å². The average molecular weight is 415 g/mol. The van der Waals surface area contributed by atoms with Gasteiger partial charge >= 0.3 is 5.97 Å². The van der Waals surface area contributed by atoms with Gasteiger partial charge in [-0.2, -0.15) is 0 Å². The van der Waals surface area contributed by atoms with E-state index in [9.17, 15) is 4.79 Å². The van der Waals surface area contributed by atoms with Crippen LogP contribution in [0.4, 0.5) is 0 Å². The van der Waals surface area contributed by atoms with Crippen LogP contribution in [0, 0.1) is 0 Å². The van der Waals surface area contributed by atoms with Gasteiger partial charge in [0, 0.05) is 6.42 Å². The van der Waals surface area contributed by atoms with Crippen molar-refractivity contribution in [1.82, 2.24) is 0 Å². The molecule has 0 saturated heterocycles. The summed E-state index contributed by atoms with van der Waals surface area (Å²) >= 11 is 0. The Kier molecular flexibility index (Phi) is 16.2. The van der Waals surface area contributed by atoms with E-state index in [2.05, 4.69) is 40.8 Å². The van der Waals surface area contributed by atoms with E-state index in [1.807, 2.05) is 0 Å². The summed E-state index contributed by atoms with van der Waals surface area (Å²) in [7, 11) is -1.73. The van der Waals surface area contributed by atoms with Crippen LogP contribution in [0.15, 0.2) is 0 Å². The molecule has 0 radical (unpaired) electrons. The Bertz CT molecular complexity index is 375. The van der Waals surface area contributed by atoms with Crippen LogP contribution >= 0.6 is 0 Å². The fourth-order valence-corrected chi connectivity index (χ4v) is 4.05. The Morgan fingerprint density at radius 2 is 1.14 bits per heavy atom. The number of ether oxygens (including phenoxy) is 1. The summed E-state index contributed by atoms with van der Waals surface area (Å²) < 4.78 is 11.3. The molecule has 0 N–H and O–H groups in total. The van der Waals surface area contributed by atoms with E-state index < -0.39 is 8.32 Å². The highest BCUT2D eigenvalue weighted by atomic mass is 28.4. The molecule has 0 aliphatic rings. The number of carbonyl (C=O) groups is 1. The summed E-state index contributed by atoms with van der Waals surface area (Å²) in [6.07, 6.45) is 17.8. The minimum Gasteiger partial charge on any atom is -0.463 e. The highest BCUT2D eigenvalue weighted by Crippen LogP contribution is 2.36. The zero-order valence-electron chi connectivity index (χ0n) is 20.0. The Morgan fingerprint density at radius 3 is 1.57 bits per heavy atom. The minimum absolute atomic E-state index is 0.0677. The smallest absolute Gasteiger partial charge is 0.305 e. The molecule has 0 aliphatic heterocycles. The van der Waals surface area contributed by atoms with Gasteiger partial charge in [0.25, 0.3) is 0 Å². The van der Waals surface area contributed by atoms with Gasteiger partial charge in [-0.3, -0.25) is 4.79 Å². The third-order valence-corrected chi connectivity index (χ3v) is 10.6. The summed E-state index contributed by atoms with van der Waals surface area (Å²) in [5.74, 6) is -0.0677. The summed E-state index contributed by atoms with van der Waals surface area (Å²) in [5.41, 5.74) is 0. The highest BCUT2D eigenvalue weighted by molar-refractivity contribution is 6.74. The Hall–Kier alpha value is -0.353. The van der Waals surface area contributed by atoms with Crippen molar-refractivity contribution < 1.29 is 14.0 Å². The van der Waals surface area contributed by atoms with Crippen LogP contribution in [0.1, 0.15) is 118 Å². The van der Waals surface area contributed by atoms with Gasteiger partial charge in [0.1, 0.15) is 6.61 Å². The molecule has 0 saturated carbocycles. The maximum absolute atomic E-state index is 11.8.